The van der Waals surface area contributed by atoms with Crippen LogP contribution in [0.1, 0.15) is 15.9 Å². The zero-order valence-corrected chi connectivity index (χ0v) is 13.8. The summed E-state index contributed by atoms with van der Waals surface area (Å²) in [6, 6.07) is 9.74. The van der Waals surface area contributed by atoms with Gasteiger partial charge < -0.3 is 19.4 Å². The van der Waals surface area contributed by atoms with E-state index >= 15 is 0 Å². The Morgan fingerprint density at radius 2 is 1.84 bits per heavy atom. The van der Waals surface area contributed by atoms with Crippen molar-refractivity contribution in [2.24, 2.45) is 0 Å². The van der Waals surface area contributed by atoms with Gasteiger partial charge in [-0.2, -0.15) is 0 Å². The van der Waals surface area contributed by atoms with E-state index in [0.29, 0.717) is 16.6 Å². The smallest absolute Gasteiger partial charge is 0.336 e. The summed E-state index contributed by atoms with van der Waals surface area (Å²) in [4.78, 5) is 22.3. The molecule has 0 aliphatic carbocycles. The third-order valence-corrected chi connectivity index (χ3v) is 4.72. The van der Waals surface area contributed by atoms with E-state index in [1.165, 1.54) is 42.5 Å². The summed E-state index contributed by atoms with van der Waals surface area (Å²) in [5.74, 6) is -1.34. The first-order chi connectivity index (χ1) is 11.8. The number of carbonyl (C=O) groups is 1. The molecule has 0 amide bonds. The Bertz CT molecular complexity index is 1060. The fourth-order valence-corrected chi connectivity index (χ4v) is 3.26. The molecule has 1 unspecified atom stereocenters. The number of anilines is 1. The van der Waals surface area contributed by atoms with Gasteiger partial charge in [0, 0.05) is 23.2 Å². The van der Waals surface area contributed by atoms with Crippen molar-refractivity contribution in [2.45, 2.75) is 11.8 Å². The average Bonchev–Trinajstić information content (AvgIpc) is 2.54. The second-order valence-electron chi connectivity index (χ2n) is 5.32. The molecule has 0 radical (unpaired) electrons. The second kappa shape index (κ2) is 6.40. The van der Waals surface area contributed by atoms with E-state index in [9.17, 15) is 18.9 Å². The minimum Gasteiger partial charge on any atom is -0.506 e. The topological polar surface area (TPSA) is 117 Å². The van der Waals surface area contributed by atoms with E-state index in [1.807, 2.05) is 0 Å². The van der Waals surface area contributed by atoms with E-state index in [2.05, 4.69) is 4.72 Å². The number of nitrogens with one attached hydrogen (secondary N) is 1. The first-order valence-corrected chi connectivity index (χ1v) is 8.29. The SMILES string of the molecule is Cc1cc(=O)oc2cc(O)c(S(=O)Nc3ccc(C(=O)O)cc3)cc12. The number of phenols is 1. The molecule has 25 heavy (non-hydrogen) atoms. The van der Waals surface area contributed by atoms with Crippen molar-refractivity contribution in [1.29, 1.82) is 0 Å². The molecule has 0 spiro atoms. The maximum Gasteiger partial charge on any atom is 0.336 e. The van der Waals surface area contributed by atoms with Crippen LogP contribution >= 0.6 is 0 Å². The van der Waals surface area contributed by atoms with Crippen LogP contribution in [-0.2, 0) is 11.0 Å². The second-order valence-corrected chi connectivity index (χ2v) is 6.50. The Labute approximate surface area is 144 Å². The lowest BCUT2D eigenvalue weighted by Gasteiger charge is -2.10. The van der Waals surface area contributed by atoms with E-state index in [-0.39, 0.29) is 21.8 Å². The quantitative estimate of drug-likeness (QED) is 0.617. The first-order valence-electron chi connectivity index (χ1n) is 7.14. The predicted molar refractivity (Wildman–Crippen MR) is 92.3 cm³/mol. The highest BCUT2D eigenvalue weighted by Crippen LogP contribution is 2.29. The van der Waals surface area contributed by atoms with Crippen LogP contribution in [0, 0.1) is 6.92 Å². The molecule has 3 aromatic rings. The van der Waals surface area contributed by atoms with Crippen LogP contribution in [-0.4, -0.2) is 20.4 Å². The van der Waals surface area contributed by atoms with Crippen LogP contribution in [0.25, 0.3) is 11.0 Å². The highest BCUT2D eigenvalue weighted by molar-refractivity contribution is 7.86. The van der Waals surface area contributed by atoms with Crippen LogP contribution in [0.3, 0.4) is 0 Å². The largest absolute Gasteiger partial charge is 0.506 e. The van der Waals surface area contributed by atoms with E-state index < -0.39 is 22.6 Å². The van der Waals surface area contributed by atoms with E-state index in [1.54, 1.807) is 6.92 Å². The normalized spacial score (nSPS) is 12.0. The van der Waals surface area contributed by atoms with Gasteiger partial charge in [-0.1, -0.05) is 0 Å². The Kier molecular flexibility index (Phi) is 4.28. The number of hydrogen-bond donors (Lipinski definition) is 3. The molecule has 0 saturated carbocycles. The lowest BCUT2D eigenvalue weighted by molar-refractivity contribution is 0.0697. The molecule has 1 heterocycles. The third-order valence-electron chi connectivity index (χ3n) is 3.57. The van der Waals surface area contributed by atoms with Crippen LogP contribution in [0.15, 0.2) is 56.6 Å². The van der Waals surface area contributed by atoms with Gasteiger partial charge in [-0.05, 0) is 42.8 Å². The summed E-state index contributed by atoms with van der Waals surface area (Å²) in [5.41, 5.74) is 0.842. The molecule has 8 heteroatoms. The maximum atomic E-state index is 12.5. The van der Waals surface area contributed by atoms with Gasteiger partial charge in [0.25, 0.3) is 0 Å². The Morgan fingerprint density at radius 3 is 2.48 bits per heavy atom. The summed E-state index contributed by atoms with van der Waals surface area (Å²) in [7, 11) is -1.80. The number of phenolic OH excluding ortho intramolecular Hbond substituents is 1. The number of aryl methyl sites for hydroxylation is 1. The third kappa shape index (κ3) is 3.38. The van der Waals surface area contributed by atoms with Gasteiger partial charge in [-0.25, -0.2) is 13.8 Å². The Balaban J connectivity index is 1.95. The lowest BCUT2D eigenvalue weighted by atomic mass is 10.1. The first kappa shape index (κ1) is 16.7. The van der Waals surface area contributed by atoms with Crippen molar-refractivity contribution in [3.05, 3.63) is 64.0 Å². The zero-order chi connectivity index (χ0) is 18.1. The number of aromatic carboxylic acids is 1. The summed E-state index contributed by atoms with van der Waals surface area (Å²) in [6.07, 6.45) is 0. The Morgan fingerprint density at radius 1 is 1.16 bits per heavy atom. The van der Waals surface area contributed by atoms with Crippen LogP contribution < -0.4 is 10.3 Å². The molecule has 1 aromatic heterocycles. The van der Waals surface area contributed by atoms with Crippen molar-refractivity contribution in [3.8, 4) is 5.75 Å². The number of rotatable bonds is 4. The monoisotopic (exact) mass is 359 g/mol. The molecular weight excluding hydrogens is 346 g/mol. The van der Waals surface area contributed by atoms with E-state index in [4.69, 9.17) is 9.52 Å². The molecule has 2 aromatic carbocycles. The van der Waals surface area contributed by atoms with Gasteiger partial charge in [0.05, 0.1) is 5.56 Å². The highest BCUT2D eigenvalue weighted by atomic mass is 32.2. The van der Waals surface area contributed by atoms with Gasteiger partial charge in [-0.15, -0.1) is 0 Å². The fraction of sp³-hybridized carbons (Fsp3) is 0.0588. The molecule has 0 bridgehead atoms. The maximum absolute atomic E-state index is 12.5. The summed E-state index contributed by atoms with van der Waals surface area (Å²) in [6.45, 7) is 1.71. The Hall–Kier alpha value is -3.13. The minimum atomic E-state index is -1.80. The zero-order valence-electron chi connectivity index (χ0n) is 13.0. The van der Waals surface area contributed by atoms with Gasteiger partial charge >= 0.3 is 11.6 Å². The molecule has 0 aliphatic rings. The van der Waals surface area contributed by atoms with Crippen molar-refractivity contribution in [2.75, 3.05) is 4.72 Å². The summed E-state index contributed by atoms with van der Waals surface area (Å²) >= 11 is 0. The van der Waals surface area contributed by atoms with Gasteiger partial charge in [-0.3, -0.25) is 0 Å². The average molecular weight is 359 g/mol. The van der Waals surface area contributed by atoms with Crippen LogP contribution in [0.4, 0.5) is 5.69 Å². The molecule has 1 atom stereocenters. The van der Waals surface area contributed by atoms with Crippen LogP contribution in [0.5, 0.6) is 5.75 Å². The van der Waals surface area contributed by atoms with Gasteiger partial charge in [0.2, 0.25) is 0 Å². The molecule has 3 rings (SSSR count). The van der Waals surface area contributed by atoms with Crippen molar-refractivity contribution >= 4 is 33.6 Å². The van der Waals surface area contributed by atoms with Crippen molar-refractivity contribution in [3.63, 3.8) is 0 Å². The molecule has 128 valence electrons. The van der Waals surface area contributed by atoms with E-state index in [0.717, 1.165) is 0 Å². The molecule has 7 nitrogen and oxygen atoms in total. The van der Waals surface area contributed by atoms with Gasteiger partial charge in [0.1, 0.15) is 16.2 Å². The minimum absolute atomic E-state index is 0.107. The summed E-state index contributed by atoms with van der Waals surface area (Å²) < 4.78 is 20.2. The molecule has 3 N–H and O–H groups in total. The number of carboxylic acids is 1. The fourth-order valence-electron chi connectivity index (χ4n) is 2.33. The molecule has 0 saturated heterocycles. The highest BCUT2D eigenvalue weighted by Gasteiger charge is 2.14. The molecule has 0 aliphatic heterocycles. The number of fused-ring (bicyclic) bond motifs is 1. The van der Waals surface area contributed by atoms with Crippen molar-refractivity contribution in [1.82, 2.24) is 0 Å². The predicted octanol–water partition coefficient (Wildman–Crippen LogP) is 2.64. The lowest BCUT2D eigenvalue weighted by Crippen LogP contribution is -2.06. The number of hydrogen-bond acceptors (Lipinski definition) is 5. The standard InChI is InChI=1S/C17H13NO6S/c1-9-6-16(20)24-14-8-13(19)15(7-12(9)14)25(23)18-11-4-2-10(3-5-11)17(21)22/h2-8,18-19H,1H3,(H,21,22). The van der Waals surface area contributed by atoms with Gasteiger partial charge in [0.15, 0.2) is 11.0 Å². The number of carboxylic acid groups (broad SMARTS) is 1. The molecule has 0 fully saturated rings. The van der Waals surface area contributed by atoms with Crippen LogP contribution in [0.2, 0.25) is 0 Å². The number of benzene rings is 2. The summed E-state index contributed by atoms with van der Waals surface area (Å²) in [5, 5.41) is 19.5. The number of aromatic hydroxyl groups is 1. The van der Waals surface area contributed by atoms with Crippen molar-refractivity contribution < 1.29 is 23.6 Å². The molecular formula is C17H13NO6S.